The minimum absolute atomic E-state index is 0.146. The lowest BCUT2D eigenvalue weighted by atomic mass is 10.2. The maximum Gasteiger partial charge on any atom is 0.276 e. The van der Waals surface area contributed by atoms with Crippen molar-refractivity contribution in [1.29, 1.82) is 0 Å². The van der Waals surface area contributed by atoms with E-state index in [-0.39, 0.29) is 10.7 Å². The van der Waals surface area contributed by atoms with Gasteiger partial charge in [-0.2, -0.15) is 13.5 Å². The summed E-state index contributed by atoms with van der Waals surface area (Å²) in [6.45, 7) is 2.25. The number of fused-ring (bicyclic) bond motifs is 1. The number of halogens is 1. The smallest absolute Gasteiger partial charge is 0.276 e. The number of aromatic nitrogens is 1. The fourth-order valence-electron chi connectivity index (χ4n) is 3.25. The van der Waals surface area contributed by atoms with Crippen molar-refractivity contribution in [2.24, 2.45) is 5.10 Å². The van der Waals surface area contributed by atoms with Crippen LogP contribution in [0.1, 0.15) is 16.7 Å². The first-order valence-corrected chi connectivity index (χ1v) is 10.9. The lowest BCUT2D eigenvalue weighted by Crippen LogP contribution is -2.18. The van der Waals surface area contributed by atoms with Crippen molar-refractivity contribution in [1.82, 2.24) is 9.40 Å². The van der Waals surface area contributed by atoms with E-state index in [1.165, 1.54) is 24.4 Å². The van der Waals surface area contributed by atoms with Gasteiger partial charge in [0.05, 0.1) is 17.7 Å². The number of hydrogen-bond acceptors (Lipinski definition) is 3. The average Bonchev–Trinajstić information content (AvgIpc) is 3.08. The molecule has 0 unspecified atom stereocenters. The maximum atomic E-state index is 14.1. The van der Waals surface area contributed by atoms with Gasteiger partial charge in [0.25, 0.3) is 10.0 Å². The molecule has 1 N–H and O–H groups in total. The number of nitrogens with one attached hydrogen (secondary N) is 1. The molecule has 0 amide bonds. The Balaban J connectivity index is 1.61. The van der Waals surface area contributed by atoms with Gasteiger partial charge in [-0.1, -0.05) is 54.1 Å². The van der Waals surface area contributed by atoms with Crippen LogP contribution in [0, 0.1) is 12.7 Å². The second-order valence-corrected chi connectivity index (χ2v) is 8.65. The van der Waals surface area contributed by atoms with E-state index in [1.54, 1.807) is 30.3 Å². The fraction of sp³-hybridized carbons (Fsp3) is 0.0870. The summed E-state index contributed by atoms with van der Waals surface area (Å²) < 4.78 is 40.8. The molecular formula is C23H20FN3O2S. The summed E-state index contributed by atoms with van der Waals surface area (Å²) in [5, 5.41) is 4.85. The Morgan fingerprint density at radius 1 is 1.00 bits per heavy atom. The highest BCUT2D eigenvalue weighted by atomic mass is 32.2. The van der Waals surface area contributed by atoms with E-state index in [2.05, 4.69) is 9.93 Å². The number of nitrogens with zero attached hydrogens (tertiary/aromatic N) is 2. The number of rotatable bonds is 6. The third-order valence-electron chi connectivity index (χ3n) is 4.83. The molecule has 4 rings (SSSR count). The lowest BCUT2D eigenvalue weighted by molar-refractivity contribution is 0.584. The summed E-state index contributed by atoms with van der Waals surface area (Å²) in [5.41, 5.74) is 3.18. The predicted octanol–water partition coefficient (Wildman–Crippen LogP) is 4.45. The van der Waals surface area contributed by atoms with E-state index in [1.807, 2.05) is 42.0 Å². The van der Waals surface area contributed by atoms with Crippen LogP contribution in [0.2, 0.25) is 0 Å². The summed E-state index contributed by atoms with van der Waals surface area (Å²) in [6, 6.07) is 20.8. The Morgan fingerprint density at radius 2 is 1.70 bits per heavy atom. The Morgan fingerprint density at radius 3 is 2.47 bits per heavy atom. The average molecular weight is 421 g/mol. The highest BCUT2D eigenvalue weighted by Gasteiger charge is 2.13. The van der Waals surface area contributed by atoms with Crippen LogP contribution < -0.4 is 4.83 Å². The predicted molar refractivity (Wildman–Crippen MR) is 117 cm³/mol. The van der Waals surface area contributed by atoms with Crippen LogP contribution in [0.25, 0.3) is 10.9 Å². The van der Waals surface area contributed by atoms with Gasteiger partial charge in [0, 0.05) is 28.2 Å². The molecule has 1 heterocycles. The molecule has 0 radical (unpaired) electrons. The Kier molecular flexibility index (Phi) is 5.37. The van der Waals surface area contributed by atoms with Gasteiger partial charge in [0.2, 0.25) is 0 Å². The number of benzene rings is 3. The molecule has 7 heteroatoms. The van der Waals surface area contributed by atoms with Crippen LogP contribution in [0.15, 0.2) is 89.0 Å². The first-order chi connectivity index (χ1) is 14.4. The molecule has 4 aromatic rings. The molecule has 1 aromatic heterocycles. The van der Waals surface area contributed by atoms with Crippen LogP contribution in [0.5, 0.6) is 0 Å². The van der Waals surface area contributed by atoms with Crippen molar-refractivity contribution in [3.63, 3.8) is 0 Å². The molecule has 0 aliphatic carbocycles. The molecule has 0 saturated carbocycles. The van der Waals surface area contributed by atoms with Gasteiger partial charge in [-0.3, -0.25) is 0 Å². The quantitative estimate of drug-likeness (QED) is 0.369. The van der Waals surface area contributed by atoms with Gasteiger partial charge in [0.1, 0.15) is 5.82 Å². The number of hydrogen-bond donors (Lipinski definition) is 1. The third kappa shape index (κ3) is 4.11. The van der Waals surface area contributed by atoms with Crippen molar-refractivity contribution in [3.05, 3.63) is 102 Å². The van der Waals surface area contributed by atoms with Gasteiger partial charge in [0.15, 0.2) is 0 Å². The topological polar surface area (TPSA) is 63.5 Å². The van der Waals surface area contributed by atoms with Gasteiger partial charge in [-0.25, -0.2) is 9.22 Å². The first-order valence-electron chi connectivity index (χ1n) is 9.37. The molecule has 3 aromatic carbocycles. The van der Waals surface area contributed by atoms with Gasteiger partial charge in [-0.15, -0.1) is 0 Å². The molecule has 0 atom stereocenters. The van der Waals surface area contributed by atoms with E-state index in [4.69, 9.17) is 0 Å². The highest BCUT2D eigenvalue weighted by Crippen LogP contribution is 2.22. The minimum atomic E-state index is -3.75. The summed E-state index contributed by atoms with van der Waals surface area (Å²) >= 11 is 0. The van der Waals surface area contributed by atoms with Crippen LogP contribution in [-0.4, -0.2) is 19.2 Å². The van der Waals surface area contributed by atoms with Crippen LogP contribution in [0.4, 0.5) is 4.39 Å². The standard InChI is InChI=1S/C23H20FN3O2S/c1-17-10-12-20(13-11-17)30(28,29)26-25-14-19-16-27(23-9-5-3-7-21(19)23)15-18-6-2-4-8-22(18)24/h2-14,16,26H,15H2,1H3. The third-order valence-corrected chi connectivity index (χ3v) is 6.06. The highest BCUT2D eigenvalue weighted by molar-refractivity contribution is 7.89. The number of para-hydroxylation sites is 1. The summed E-state index contributed by atoms with van der Waals surface area (Å²) in [7, 11) is -3.75. The maximum absolute atomic E-state index is 14.1. The minimum Gasteiger partial charge on any atom is -0.342 e. The van der Waals surface area contributed by atoms with Crippen LogP contribution >= 0.6 is 0 Å². The largest absolute Gasteiger partial charge is 0.342 e. The molecule has 0 aliphatic heterocycles. The van der Waals surface area contributed by atoms with Gasteiger partial charge >= 0.3 is 0 Å². The molecule has 0 spiro atoms. The molecule has 0 fully saturated rings. The summed E-state index contributed by atoms with van der Waals surface area (Å²) in [4.78, 5) is 2.39. The molecule has 0 bridgehead atoms. The van der Waals surface area contributed by atoms with E-state index < -0.39 is 10.0 Å². The van der Waals surface area contributed by atoms with Crippen LogP contribution in [-0.2, 0) is 16.6 Å². The first kappa shape index (κ1) is 19.8. The van der Waals surface area contributed by atoms with Crippen molar-refractivity contribution < 1.29 is 12.8 Å². The summed E-state index contributed by atoms with van der Waals surface area (Å²) in [6.07, 6.45) is 3.30. The second kappa shape index (κ2) is 8.12. The van der Waals surface area contributed by atoms with Gasteiger partial charge < -0.3 is 4.57 Å². The van der Waals surface area contributed by atoms with E-state index in [0.29, 0.717) is 12.1 Å². The van der Waals surface area contributed by atoms with Gasteiger partial charge in [-0.05, 0) is 31.2 Å². The number of hydrazone groups is 1. The number of aryl methyl sites for hydroxylation is 1. The molecule has 5 nitrogen and oxygen atoms in total. The van der Waals surface area contributed by atoms with E-state index >= 15 is 0 Å². The second-order valence-electron chi connectivity index (χ2n) is 6.99. The Bertz CT molecular complexity index is 1330. The van der Waals surface area contributed by atoms with Crippen molar-refractivity contribution >= 4 is 27.1 Å². The van der Waals surface area contributed by atoms with Crippen molar-refractivity contribution in [3.8, 4) is 0 Å². The zero-order valence-electron chi connectivity index (χ0n) is 16.3. The summed E-state index contributed by atoms with van der Waals surface area (Å²) in [5.74, 6) is -0.267. The molecular weight excluding hydrogens is 401 g/mol. The Hall–Kier alpha value is -3.45. The zero-order valence-corrected chi connectivity index (χ0v) is 17.1. The SMILES string of the molecule is Cc1ccc(S(=O)(=O)NN=Cc2cn(Cc3ccccc3F)c3ccccc23)cc1. The fourth-order valence-corrected chi connectivity index (χ4v) is 4.05. The monoisotopic (exact) mass is 421 g/mol. The normalized spacial score (nSPS) is 11.9. The van der Waals surface area contributed by atoms with E-state index in [0.717, 1.165) is 22.0 Å². The molecule has 0 saturated heterocycles. The molecule has 30 heavy (non-hydrogen) atoms. The molecule has 0 aliphatic rings. The van der Waals surface area contributed by atoms with Crippen LogP contribution in [0.3, 0.4) is 0 Å². The lowest BCUT2D eigenvalue weighted by Gasteiger charge is -2.06. The number of sulfonamides is 1. The Labute approximate surface area is 174 Å². The van der Waals surface area contributed by atoms with Crippen molar-refractivity contribution in [2.75, 3.05) is 0 Å². The molecule has 152 valence electrons. The zero-order chi connectivity index (χ0) is 21.1. The van der Waals surface area contributed by atoms with Crippen molar-refractivity contribution in [2.45, 2.75) is 18.4 Å². The van der Waals surface area contributed by atoms with E-state index in [9.17, 15) is 12.8 Å².